The SMILES string of the molecule is CC1CCCN(C(=O)Nc2ccc3cc(Br)ccc3c2)C1. The number of anilines is 1. The van der Waals surface area contributed by atoms with Gasteiger partial charge in [0.05, 0.1) is 0 Å². The molecule has 0 spiro atoms. The number of carbonyl (C=O) groups excluding carboxylic acids is 1. The molecule has 0 bridgehead atoms. The van der Waals surface area contributed by atoms with Crippen LogP contribution >= 0.6 is 15.9 Å². The monoisotopic (exact) mass is 346 g/mol. The zero-order chi connectivity index (χ0) is 14.8. The van der Waals surface area contributed by atoms with E-state index in [9.17, 15) is 4.79 Å². The Morgan fingerprint density at radius 2 is 2.00 bits per heavy atom. The molecular formula is C17H19BrN2O. The van der Waals surface area contributed by atoms with Gasteiger partial charge in [-0.05, 0) is 53.8 Å². The van der Waals surface area contributed by atoms with Crippen molar-refractivity contribution in [3.05, 3.63) is 40.9 Å². The number of rotatable bonds is 1. The van der Waals surface area contributed by atoms with Crippen LogP contribution in [0.25, 0.3) is 10.8 Å². The maximum Gasteiger partial charge on any atom is 0.321 e. The standard InChI is InChI=1S/C17H19BrN2O/c1-12-3-2-8-20(11-12)17(21)19-16-7-5-13-9-15(18)6-4-14(13)10-16/h4-7,9-10,12H,2-3,8,11H2,1H3,(H,19,21). The molecule has 0 aliphatic carbocycles. The number of halogens is 1. The summed E-state index contributed by atoms with van der Waals surface area (Å²) in [6.45, 7) is 3.91. The van der Waals surface area contributed by atoms with Crippen LogP contribution in [0.15, 0.2) is 40.9 Å². The van der Waals surface area contributed by atoms with E-state index in [2.05, 4.69) is 40.3 Å². The molecule has 3 rings (SSSR count). The lowest BCUT2D eigenvalue weighted by Gasteiger charge is -2.30. The molecule has 1 saturated heterocycles. The van der Waals surface area contributed by atoms with Gasteiger partial charge in [0, 0.05) is 23.2 Å². The van der Waals surface area contributed by atoms with E-state index in [0.717, 1.165) is 40.4 Å². The fourth-order valence-electron chi connectivity index (χ4n) is 2.87. The third-order valence-corrected chi connectivity index (χ3v) is 4.49. The lowest BCUT2D eigenvalue weighted by molar-refractivity contribution is 0.182. The molecule has 4 heteroatoms. The van der Waals surface area contributed by atoms with Gasteiger partial charge in [-0.25, -0.2) is 4.79 Å². The first-order chi connectivity index (χ1) is 10.1. The average Bonchev–Trinajstić information content (AvgIpc) is 2.47. The number of nitrogens with one attached hydrogen (secondary N) is 1. The maximum absolute atomic E-state index is 12.3. The van der Waals surface area contributed by atoms with Gasteiger partial charge in [0.2, 0.25) is 0 Å². The molecule has 2 aromatic carbocycles. The fourth-order valence-corrected chi connectivity index (χ4v) is 3.25. The van der Waals surface area contributed by atoms with Crippen molar-refractivity contribution in [3.63, 3.8) is 0 Å². The summed E-state index contributed by atoms with van der Waals surface area (Å²) in [4.78, 5) is 14.2. The summed E-state index contributed by atoms with van der Waals surface area (Å²) in [6.07, 6.45) is 2.31. The normalized spacial score (nSPS) is 18.8. The van der Waals surface area contributed by atoms with E-state index in [1.807, 2.05) is 29.2 Å². The van der Waals surface area contributed by atoms with Crippen LogP contribution in [0.4, 0.5) is 10.5 Å². The Morgan fingerprint density at radius 3 is 2.81 bits per heavy atom. The van der Waals surface area contributed by atoms with Crippen LogP contribution < -0.4 is 5.32 Å². The first-order valence-corrected chi connectivity index (χ1v) is 8.16. The van der Waals surface area contributed by atoms with Crippen molar-refractivity contribution in [2.45, 2.75) is 19.8 Å². The van der Waals surface area contributed by atoms with Crippen LogP contribution in [0.3, 0.4) is 0 Å². The van der Waals surface area contributed by atoms with E-state index in [4.69, 9.17) is 0 Å². The molecule has 2 aromatic rings. The Labute approximate surface area is 133 Å². The molecule has 21 heavy (non-hydrogen) atoms. The minimum Gasteiger partial charge on any atom is -0.324 e. The van der Waals surface area contributed by atoms with Crippen LogP contribution in [0.2, 0.25) is 0 Å². The van der Waals surface area contributed by atoms with E-state index in [0.29, 0.717) is 5.92 Å². The van der Waals surface area contributed by atoms with Gasteiger partial charge in [-0.15, -0.1) is 0 Å². The molecule has 0 aromatic heterocycles. The molecule has 2 amide bonds. The number of nitrogens with zero attached hydrogens (tertiary/aromatic N) is 1. The molecule has 1 aliphatic rings. The average molecular weight is 347 g/mol. The molecule has 0 saturated carbocycles. The van der Waals surface area contributed by atoms with E-state index in [-0.39, 0.29) is 6.03 Å². The van der Waals surface area contributed by atoms with Crippen LogP contribution in [-0.4, -0.2) is 24.0 Å². The first kappa shape index (κ1) is 14.4. The van der Waals surface area contributed by atoms with Gasteiger partial charge < -0.3 is 10.2 Å². The van der Waals surface area contributed by atoms with E-state index < -0.39 is 0 Å². The fraction of sp³-hybridized carbons (Fsp3) is 0.353. The smallest absolute Gasteiger partial charge is 0.321 e. The number of likely N-dealkylation sites (tertiary alicyclic amines) is 1. The molecule has 1 N–H and O–H groups in total. The van der Waals surface area contributed by atoms with Crippen LogP contribution in [0.5, 0.6) is 0 Å². The van der Waals surface area contributed by atoms with Gasteiger partial charge in [-0.2, -0.15) is 0 Å². The number of hydrogen-bond acceptors (Lipinski definition) is 1. The van der Waals surface area contributed by atoms with Crippen molar-refractivity contribution in [2.24, 2.45) is 5.92 Å². The number of carbonyl (C=O) groups is 1. The van der Waals surface area contributed by atoms with Crippen molar-refractivity contribution in [1.82, 2.24) is 4.90 Å². The van der Waals surface area contributed by atoms with Gasteiger partial charge in [0.25, 0.3) is 0 Å². The van der Waals surface area contributed by atoms with E-state index in [1.54, 1.807) is 0 Å². The number of fused-ring (bicyclic) bond motifs is 1. The predicted molar refractivity (Wildman–Crippen MR) is 90.6 cm³/mol. The summed E-state index contributed by atoms with van der Waals surface area (Å²) < 4.78 is 1.06. The van der Waals surface area contributed by atoms with E-state index in [1.165, 1.54) is 6.42 Å². The van der Waals surface area contributed by atoms with Crippen LogP contribution in [0.1, 0.15) is 19.8 Å². The molecule has 110 valence electrons. The molecule has 1 unspecified atom stereocenters. The largest absolute Gasteiger partial charge is 0.324 e. The van der Waals surface area contributed by atoms with Crippen molar-refractivity contribution < 1.29 is 4.79 Å². The van der Waals surface area contributed by atoms with Gasteiger partial charge in [0.1, 0.15) is 0 Å². The third-order valence-electron chi connectivity index (χ3n) is 4.00. The highest BCUT2D eigenvalue weighted by Gasteiger charge is 2.20. The van der Waals surface area contributed by atoms with E-state index >= 15 is 0 Å². The summed E-state index contributed by atoms with van der Waals surface area (Å²) in [5, 5.41) is 5.30. The molecule has 1 aliphatic heterocycles. The Morgan fingerprint density at radius 1 is 1.24 bits per heavy atom. The van der Waals surface area contributed by atoms with Gasteiger partial charge in [-0.3, -0.25) is 0 Å². The summed E-state index contributed by atoms with van der Waals surface area (Å²) in [6, 6.07) is 12.2. The number of piperidine rings is 1. The van der Waals surface area contributed by atoms with Crippen LogP contribution in [0, 0.1) is 5.92 Å². The highest BCUT2D eigenvalue weighted by Crippen LogP contribution is 2.23. The lowest BCUT2D eigenvalue weighted by Crippen LogP contribution is -2.41. The minimum atomic E-state index is 0.0120. The maximum atomic E-state index is 12.3. The minimum absolute atomic E-state index is 0.0120. The summed E-state index contributed by atoms with van der Waals surface area (Å²) in [5.74, 6) is 0.596. The Hall–Kier alpha value is -1.55. The Balaban J connectivity index is 1.75. The van der Waals surface area contributed by atoms with Crippen molar-refractivity contribution >= 4 is 38.4 Å². The number of benzene rings is 2. The summed E-state index contributed by atoms with van der Waals surface area (Å²) >= 11 is 3.47. The highest BCUT2D eigenvalue weighted by atomic mass is 79.9. The number of hydrogen-bond donors (Lipinski definition) is 1. The zero-order valence-electron chi connectivity index (χ0n) is 12.1. The van der Waals surface area contributed by atoms with Gasteiger partial charge >= 0.3 is 6.03 Å². The molecule has 1 fully saturated rings. The van der Waals surface area contributed by atoms with Crippen LogP contribution in [-0.2, 0) is 0 Å². The molecule has 1 atom stereocenters. The summed E-state index contributed by atoms with van der Waals surface area (Å²) in [7, 11) is 0. The van der Waals surface area contributed by atoms with Crippen molar-refractivity contribution in [1.29, 1.82) is 0 Å². The zero-order valence-corrected chi connectivity index (χ0v) is 13.7. The first-order valence-electron chi connectivity index (χ1n) is 7.37. The quantitative estimate of drug-likeness (QED) is 0.785. The van der Waals surface area contributed by atoms with Gasteiger partial charge in [-0.1, -0.05) is 35.0 Å². The second-order valence-corrected chi connectivity index (χ2v) is 6.75. The predicted octanol–water partition coefficient (Wildman–Crippen LogP) is 4.87. The second-order valence-electron chi connectivity index (χ2n) is 5.83. The number of amides is 2. The Kier molecular flexibility index (Phi) is 4.15. The van der Waals surface area contributed by atoms with Crippen molar-refractivity contribution in [2.75, 3.05) is 18.4 Å². The lowest BCUT2D eigenvalue weighted by atomic mass is 10.0. The Bertz CT molecular complexity index is 671. The molecule has 1 heterocycles. The van der Waals surface area contributed by atoms with Gasteiger partial charge in [0.15, 0.2) is 0 Å². The third kappa shape index (κ3) is 3.38. The van der Waals surface area contributed by atoms with Crippen molar-refractivity contribution in [3.8, 4) is 0 Å². The highest BCUT2D eigenvalue weighted by molar-refractivity contribution is 9.10. The summed E-state index contributed by atoms with van der Waals surface area (Å²) in [5.41, 5.74) is 0.855. The molecular weight excluding hydrogens is 328 g/mol. The topological polar surface area (TPSA) is 32.3 Å². The molecule has 0 radical (unpaired) electrons. The molecule has 3 nitrogen and oxygen atoms in total. The second kappa shape index (κ2) is 6.06. The number of urea groups is 1.